The lowest BCUT2D eigenvalue weighted by molar-refractivity contribution is 0.0522. The maximum absolute atomic E-state index is 6.44. The Labute approximate surface area is 112 Å². The SMILES string of the molecule is NC1(c2nc3cc(Br)ccc3s2)CCOCC1. The van der Waals surface area contributed by atoms with Crippen LogP contribution in [0.25, 0.3) is 10.2 Å². The Morgan fingerprint density at radius 1 is 1.35 bits per heavy atom. The van der Waals surface area contributed by atoms with Crippen molar-refractivity contribution in [2.75, 3.05) is 13.2 Å². The summed E-state index contributed by atoms with van der Waals surface area (Å²) >= 11 is 5.16. The third kappa shape index (κ3) is 2.12. The standard InChI is InChI=1S/C12H13BrN2OS/c13-8-1-2-10-9(7-8)15-11(17-10)12(14)3-5-16-6-4-12/h1-2,7H,3-6,14H2. The van der Waals surface area contributed by atoms with Gasteiger partial charge in [-0.3, -0.25) is 0 Å². The highest BCUT2D eigenvalue weighted by Crippen LogP contribution is 2.35. The second-order valence-electron chi connectivity index (χ2n) is 4.40. The summed E-state index contributed by atoms with van der Waals surface area (Å²) in [5, 5.41) is 1.04. The summed E-state index contributed by atoms with van der Waals surface area (Å²) in [6.45, 7) is 1.46. The number of thiazole rings is 1. The summed E-state index contributed by atoms with van der Waals surface area (Å²) in [5.41, 5.74) is 7.17. The first kappa shape index (κ1) is 11.6. The van der Waals surface area contributed by atoms with Gasteiger partial charge in [-0.25, -0.2) is 4.98 Å². The van der Waals surface area contributed by atoms with E-state index in [0.29, 0.717) is 0 Å². The lowest BCUT2D eigenvalue weighted by Crippen LogP contribution is -2.42. The molecular weight excluding hydrogens is 300 g/mol. The van der Waals surface area contributed by atoms with Gasteiger partial charge in [-0.2, -0.15) is 0 Å². The molecule has 2 aromatic rings. The van der Waals surface area contributed by atoms with Crippen LogP contribution in [0.3, 0.4) is 0 Å². The molecule has 1 fully saturated rings. The molecule has 0 saturated carbocycles. The van der Waals surface area contributed by atoms with Gasteiger partial charge in [0.1, 0.15) is 5.01 Å². The van der Waals surface area contributed by atoms with Crippen molar-refractivity contribution in [1.29, 1.82) is 0 Å². The molecule has 1 aliphatic rings. The van der Waals surface area contributed by atoms with Crippen molar-refractivity contribution in [1.82, 2.24) is 4.98 Å². The number of fused-ring (bicyclic) bond motifs is 1. The van der Waals surface area contributed by atoms with Crippen LogP contribution in [0.1, 0.15) is 17.8 Å². The molecule has 17 heavy (non-hydrogen) atoms. The molecular formula is C12H13BrN2OS. The minimum absolute atomic E-state index is 0.297. The summed E-state index contributed by atoms with van der Waals surface area (Å²) in [7, 11) is 0. The molecule has 0 atom stereocenters. The predicted octanol–water partition coefficient (Wildman–Crippen LogP) is 3.02. The van der Waals surface area contributed by atoms with E-state index in [1.807, 2.05) is 12.1 Å². The topological polar surface area (TPSA) is 48.1 Å². The van der Waals surface area contributed by atoms with Gasteiger partial charge in [-0.15, -0.1) is 11.3 Å². The van der Waals surface area contributed by atoms with Gasteiger partial charge < -0.3 is 10.5 Å². The van der Waals surface area contributed by atoms with E-state index >= 15 is 0 Å². The van der Waals surface area contributed by atoms with Crippen molar-refractivity contribution < 1.29 is 4.74 Å². The van der Waals surface area contributed by atoms with Crippen LogP contribution in [-0.2, 0) is 10.3 Å². The Bertz CT molecular complexity index is 548. The summed E-state index contributed by atoms with van der Waals surface area (Å²) in [4.78, 5) is 4.68. The highest BCUT2D eigenvalue weighted by molar-refractivity contribution is 9.10. The lowest BCUT2D eigenvalue weighted by atomic mass is 9.92. The molecule has 2 heterocycles. The van der Waals surface area contributed by atoms with E-state index in [1.54, 1.807) is 11.3 Å². The maximum Gasteiger partial charge on any atom is 0.114 e. The molecule has 90 valence electrons. The first-order chi connectivity index (χ1) is 8.17. The average Bonchev–Trinajstić information content (AvgIpc) is 2.73. The summed E-state index contributed by atoms with van der Waals surface area (Å²) in [5.74, 6) is 0. The summed E-state index contributed by atoms with van der Waals surface area (Å²) < 4.78 is 7.62. The largest absolute Gasteiger partial charge is 0.381 e. The Morgan fingerprint density at radius 2 is 2.12 bits per heavy atom. The molecule has 0 amide bonds. The summed E-state index contributed by atoms with van der Waals surface area (Å²) in [6, 6.07) is 6.17. The highest BCUT2D eigenvalue weighted by atomic mass is 79.9. The number of ether oxygens (including phenoxy) is 1. The lowest BCUT2D eigenvalue weighted by Gasteiger charge is -2.31. The van der Waals surface area contributed by atoms with Gasteiger partial charge in [0.05, 0.1) is 15.8 Å². The predicted molar refractivity (Wildman–Crippen MR) is 73.2 cm³/mol. The highest BCUT2D eigenvalue weighted by Gasteiger charge is 2.33. The van der Waals surface area contributed by atoms with E-state index in [9.17, 15) is 0 Å². The van der Waals surface area contributed by atoms with Crippen molar-refractivity contribution in [3.63, 3.8) is 0 Å². The molecule has 3 rings (SSSR count). The quantitative estimate of drug-likeness (QED) is 0.880. The van der Waals surface area contributed by atoms with Crippen LogP contribution in [0.2, 0.25) is 0 Å². The molecule has 1 aromatic carbocycles. The van der Waals surface area contributed by atoms with Gasteiger partial charge in [0, 0.05) is 17.7 Å². The number of rotatable bonds is 1. The normalized spacial score (nSPS) is 19.6. The van der Waals surface area contributed by atoms with E-state index < -0.39 is 0 Å². The number of aromatic nitrogens is 1. The minimum atomic E-state index is -0.297. The zero-order valence-corrected chi connectivity index (χ0v) is 11.7. The van der Waals surface area contributed by atoms with E-state index in [-0.39, 0.29) is 5.54 Å². The molecule has 5 heteroatoms. The van der Waals surface area contributed by atoms with Crippen molar-refractivity contribution in [2.45, 2.75) is 18.4 Å². The van der Waals surface area contributed by atoms with Crippen LogP contribution in [-0.4, -0.2) is 18.2 Å². The van der Waals surface area contributed by atoms with Gasteiger partial charge in [-0.05, 0) is 31.0 Å². The number of hydrogen-bond acceptors (Lipinski definition) is 4. The van der Waals surface area contributed by atoms with Crippen LogP contribution in [0, 0.1) is 0 Å². The zero-order valence-electron chi connectivity index (χ0n) is 9.28. The summed E-state index contributed by atoms with van der Waals surface area (Å²) in [6.07, 6.45) is 1.71. The van der Waals surface area contributed by atoms with Gasteiger partial charge in [0.25, 0.3) is 0 Å². The van der Waals surface area contributed by atoms with Crippen LogP contribution in [0.15, 0.2) is 22.7 Å². The maximum atomic E-state index is 6.44. The van der Waals surface area contributed by atoms with E-state index in [2.05, 4.69) is 27.0 Å². The zero-order chi connectivity index (χ0) is 11.9. The number of nitrogens with zero attached hydrogens (tertiary/aromatic N) is 1. The molecule has 1 aromatic heterocycles. The van der Waals surface area contributed by atoms with Crippen molar-refractivity contribution in [3.8, 4) is 0 Å². The first-order valence-corrected chi connectivity index (χ1v) is 7.22. The fourth-order valence-electron chi connectivity index (χ4n) is 2.06. The Balaban J connectivity index is 2.05. The van der Waals surface area contributed by atoms with Gasteiger partial charge >= 0.3 is 0 Å². The Hall–Kier alpha value is -0.490. The molecule has 0 aliphatic carbocycles. The Morgan fingerprint density at radius 3 is 2.88 bits per heavy atom. The average molecular weight is 313 g/mol. The van der Waals surface area contributed by atoms with Gasteiger partial charge in [-0.1, -0.05) is 15.9 Å². The fourth-order valence-corrected chi connectivity index (χ4v) is 3.52. The fraction of sp³-hybridized carbons (Fsp3) is 0.417. The molecule has 0 spiro atoms. The molecule has 1 saturated heterocycles. The number of hydrogen-bond donors (Lipinski definition) is 1. The molecule has 1 aliphatic heterocycles. The van der Waals surface area contributed by atoms with Crippen LogP contribution in [0.4, 0.5) is 0 Å². The van der Waals surface area contributed by atoms with Crippen molar-refractivity contribution in [3.05, 3.63) is 27.7 Å². The Kier molecular flexibility index (Phi) is 2.94. The van der Waals surface area contributed by atoms with E-state index in [1.165, 1.54) is 4.70 Å². The molecule has 2 N–H and O–H groups in total. The number of halogens is 1. The monoisotopic (exact) mass is 312 g/mol. The first-order valence-electron chi connectivity index (χ1n) is 5.61. The van der Waals surface area contributed by atoms with Gasteiger partial charge in [0.2, 0.25) is 0 Å². The van der Waals surface area contributed by atoms with Crippen molar-refractivity contribution >= 4 is 37.5 Å². The van der Waals surface area contributed by atoms with Crippen LogP contribution < -0.4 is 5.73 Å². The second-order valence-corrected chi connectivity index (χ2v) is 6.35. The minimum Gasteiger partial charge on any atom is -0.381 e. The van der Waals surface area contributed by atoms with Crippen molar-refractivity contribution in [2.24, 2.45) is 5.73 Å². The smallest absolute Gasteiger partial charge is 0.114 e. The molecule has 0 radical (unpaired) electrons. The molecule has 0 bridgehead atoms. The molecule has 0 unspecified atom stereocenters. The van der Waals surface area contributed by atoms with E-state index in [4.69, 9.17) is 10.5 Å². The molecule has 3 nitrogen and oxygen atoms in total. The van der Waals surface area contributed by atoms with E-state index in [0.717, 1.165) is 41.1 Å². The second kappa shape index (κ2) is 4.31. The van der Waals surface area contributed by atoms with Crippen LogP contribution in [0.5, 0.6) is 0 Å². The number of nitrogens with two attached hydrogens (primary N) is 1. The van der Waals surface area contributed by atoms with Crippen LogP contribution >= 0.6 is 27.3 Å². The third-order valence-electron chi connectivity index (χ3n) is 3.16. The number of benzene rings is 1. The third-order valence-corrected chi connectivity index (χ3v) is 4.91. The van der Waals surface area contributed by atoms with Gasteiger partial charge in [0.15, 0.2) is 0 Å².